The number of aliphatic hydroxyl groups is 1. The maximum atomic E-state index is 13.8. The van der Waals surface area contributed by atoms with Crippen molar-refractivity contribution in [2.24, 2.45) is 0 Å². The minimum absolute atomic E-state index is 0.337. The summed E-state index contributed by atoms with van der Waals surface area (Å²) in [5.74, 6) is -0.337. The van der Waals surface area contributed by atoms with Gasteiger partial charge in [-0.25, -0.2) is 4.39 Å². The Balaban J connectivity index is 1.67. The number of rotatable bonds is 5. The molecule has 1 saturated heterocycles. The average molecular weight is 303 g/mol. The summed E-state index contributed by atoms with van der Waals surface area (Å²) in [6.45, 7) is 2.22. The van der Waals surface area contributed by atoms with E-state index in [9.17, 15) is 9.50 Å². The minimum Gasteiger partial charge on any atom is -0.387 e. The van der Waals surface area contributed by atoms with Crippen LogP contribution in [-0.4, -0.2) is 38.9 Å². The second-order valence-electron chi connectivity index (χ2n) is 5.91. The van der Waals surface area contributed by atoms with Crippen molar-refractivity contribution in [1.82, 2.24) is 14.7 Å². The maximum absolute atomic E-state index is 13.8. The summed E-state index contributed by atoms with van der Waals surface area (Å²) in [6, 6.07) is 8.73. The molecule has 4 nitrogen and oxygen atoms in total. The molecule has 0 saturated carbocycles. The van der Waals surface area contributed by atoms with Crippen LogP contribution in [0.3, 0.4) is 0 Å². The monoisotopic (exact) mass is 303 g/mol. The molecule has 0 radical (unpaired) electrons. The third-order valence-corrected chi connectivity index (χ3v) is 4.38. The number of hydrogen-bond donors (Lipinski definition) is 1. The van der Waals surface area contributed by atoms with Crippen molar-refractivity contribution in [3.8, 4) is 0 Å². The zero-order valence-electron chi connectivity index (χ0n) is 12.6. The average Bonchev–Trinajstić information content (AvgIpc) is 3.02. The first-order valence-electron chi connectivity index (χ1n) is 7.88. The predicted octanol–water partition coefficient (Wildman–Crippen LogP) is 2.61. The Morgan fingerprint density at radius 3 is 2.91 bits per heavy atom. The third kappa shape index (κ3) is 3.54. The van der Waals surface area contributed by atoms with Gasteiger partial charge >= 0.3 is 0 Å². The number of nitrogens with zero attached hydrogens (tertiary/aromatic N) is 3. The summed E-state index contributed by atoms with van der Waals surface area (Å²) in [6.07, 6.45) is 6.35. The number of β-amino-alcohol motifs (C(OH)–C–C–N with tert-alkyl or cyclic N) is 1. The van der Waals surface area contributed by atoms with Crippen molar-refractivity contribution in [2.45, 2.75) is 38.0 Å². The van der Waals surface area contributed by atoms with Crippen LogP contribution in [0.15, 0.2) is 42.7 Å². The molecule has 1 N–H and O–H groups in total. The number of hydrogen-bond acceptors (Lipinski definition) is 3. The SMILES string of the molecule is OC(CN1CCCCC1Cn1cccn1)c1ccccc1F. The first-order chi connectivity index (χ1) is 10.7. The molecule has 2 unspecified atom stereocenters. The molecule has 1 aromatic carbocycles. The van der Waals surface area contributed by atoms with Gasteiger partial charge in [0.15, 0.2) is 0 Å². The van der Waals surface area contributed by atoms with Crippen molar-refractivity contribution in [3.05, 3.63) is 54.1 Å². The fourth-order valence-electron chi connectivity index (χ4n) is 3.20. The molecule has 2 heterocycles. The van der Waals surface area contributed by atoms with Gasteiger partial charge in [-0.15, -0.1) is 0 Å². The molecular formula is C17H22FN3O. The van der Waals surface area contributed by atoms with Crippen molar-refractivity contribution < 1.29 is 9.50 Å². The van der Waals surface area contributed by atoms with Crippen LogP contribution in [0.5, 0.6) is 0 Å². The van der Waals surface area contributed by atoms with Crippen LogP contribution in [0.25, 0.3) is 0 Å². The van der Waals surface area contributed by atoms with E-state index in [1.807, 2.05) is 16.9 Å². The van der Waals surface area contributed by atoms with Gasteiger partial charge in [-0.2, -0.15) is 5.10 Å². The van der Waals surface area contributed by atoms with Crippen molar-refractivity contribution >= 4 is 0 Å². The summed E-state index contributed by atoms with van der Waals surface area (Å²) in [5.41, 5.74) is 0.380. The smallest absolute Gasteiger partial charge is 0.129 e. The van der Waals surface area contributed by atoms with Crippen LogP contribution in [-0.2, 0) is 6.54 Å². The predicted molar refractivity (Wildman–Crippen MR) is 82.8 cm³/mol. The van der Waals surface area contributed by atoms with Gasteiger partial charge in [0.05, 0.1) is 12.6 Å². The van der Waals surface area contributed by atoms with Gasteiger partial charge in [-0.3, -0.25) is 9.58 Å². The summed E-state index contributed by atoms with van der Waals surface area (Å²) in [7, 11) is 0. The largest absolute Gasteiger partial charge is 0.387 e. The molecule has 1 aliphatic rings. The topological polar surface area (TPSA) is 41.3 Å². The van der Waals surface area contributed by atoms with E-state index in [2.05, 4.69) is 10.00 Å². The van der Waals surface area contributed by atoms with E-state index in [-0.39, 0.29) is 5.82 Å². The molecule has 1 aliphatic heterocycles. The molecule has 22 heavy (non-hydrogen) atoms. The fraction of sp³-hybridized carbons (Fsp3) is 0.471. The van der Waals surface area contributed by atoms with Gasteiger partial charge in [0, 0.05) is 30.5 Å². The fourth-order valence-corrected chi connectivity index (χ4v) is 3.20. The van der Waals surface area contributed by atoms with E-state index in [4.69, 9.17) is 0 Å². The molecular weight excluding hydrogens is 281 g/mol. The van der Waals surface area contributed by atoms with Gasteiger partial charge < -0.3 is 5.11 Å². The zero-order valence-corrected chi connectivity index (χ0v) is 12.6. The number of likely N-dealkylation sites (tertiary alicyclic amines) is 1. The Bertz CT molecular complexity index is 587. The summed E-state index contributed by atoms with van der Waals surface area (Å²) in [4.78, 5) is 2.27. The lowest BCUT2D eigenvalue weighted by Crippen LogP contribution is -2.44. The first kappa shape index (κ1) is 15.2. The highest BCUT2D eigenvalue weighted by molar-refractivity contribution is 5.20. The van der Waals surface area contributed by atoms with Gasteiger partial charge in [0.2, 0.25) is 0 Å². The number of aromatic nitrogens is 2. The Hall–Kier alpha value is -1.72. The van der Waals surface area contributed by atoms with Crippen molar-refractivity contribution in [2.75, 3.05) is 13.1 Å². The molecule has 0 spiro atoms. The van der Waals surface area contributed by atoms with Crippen LogP contribution < -0.4 is 0 Å². The Kier molecular flexibility index (Phi) is 4.85. The lowest BCUT2D eigenvalue weighted by atomic mass is 10.00. The van der Waals surface area contributed by atoms with Crippen molar-refractivity contribution in [3.63, 3.8) is 0 Å². The Morgan fingerprint density at radius 1 is 1.27 bits per heavy atom. The van der Waals surface area contributed by atoms with Crippen LogP contribution >= 0.6 is 0 Å². The highest BCUT2D eigenvalue weighted by atomic mass is 19.1. The van der Waals surface area contributed by atoms with Gasteiger partial charge in [0.1, 0.15) is 5.82 Å². The highest BCUT2D eigenvalue weighted by Crippen LogP contribution is 2.23. The molecule has 3 rings (SSSR count). The molecule has 0 aliphatic carbocycles. The second kappa shape index (κ2) is 7.03. The van der Waals surface area contributed by atoms with Crippen LogP contribution in [0.2, 0.25) is 0 Å². The molecule has 118 valence electrons. The molecule has 1 aromatic heterocycles. The zero-order chi connectivity index (χ0) is 15.4. The number of aliphatic hydroxyl groups excluding tert-OH is 1. The number of piperidine rings is 1. The van der Waals surface area contributed by atoms with Crippen LogP contribution in [0.1, 0.15) is 30.9 Å². The number of benzene rings is 1. The molecule has 5 heteroatoms. The van der Waals surface area contributed by atoms with E-state index in [0.717, 1.165) is 25.9 Å². The first-order valence-corrected chi connectivity index (χ1v) is 7.88. The van der Waals surface area contributed by atoms with Gasteiger partial charge in [0.25, 0.3) is 0 Å². The standard InChI is InChI=1S/C17H22FN3O/c18-16-8-2-1-7-15(16)17(22)13-20-10-4-3-6-14(20)12-21-11-5-9-19-21/h1-2,5,7-9,11,14,17,22H,3-4,6,10,12-13H2. The maximum Gasteiger partial charge on any atom is 0.129 e. The lowest BCUT2D eigenvalue weighted by Gasteiger charge is -2.37. The van der Waals surface area contributed by atoms with E-state index < -0.39 is 6.10 Å². The van der Waals surface area contributed by atoms with Crippen molar-refractivity contribution in [1.29, 1.82) is 0 Å². The molecule has 0 bridgehead atoms. The molecule has 2 atom stereocenters. The summed E-state index contributed by atoms with van der Waals surface area (Å²) < 4.78 is 15.7. The molecule has 0 amide bonds. The summed E-state index contributed by atoms with van der Waals surface area (Å²) in [5, 5.41) is 14.7. The third-order valence-electron chi connectivity index (χ3n) is 4.38. The highest BCUT2D eigenvalue weighted by Gasteiger charge is 2.26. The second-order valence-corrected chi connectivity index (χ2v) is 5.91. The van der Waals surface area contributed by atoms with E-state index in [0.29, 0.717) is 18.2 Å². The minimum atomic E-state index is -0.792. The lowest BCUT2D eigenvalue weighted by molar-refractivity contribution is 0.0575. The van der Waals surface area contributed by atoms with Gasteiger partial charge in [-0.1, -0.05) is 24.6 Å². The quantitative estimate of drug-likeness (QED) is 0.923. The number of halogens is 1. The van der Waals surface area contributed by atoms with Gasteiger partial charge in [-0.05, 0) is 31.5 Å². The molecule has 2 aromatic rings. The summed E-state index contributed by atoms with van der Waals surface area (Å²) >= 11 is 0. The molecule has 1 fully saturated rings. The normalized spacial score (nSPS) is 20.9. The Morgan fingerprint density at radius 2 is 2.14 bits per heavy atom. The van der Waals surface area contributed by atoms with E-state index in [1.165, 1.54) is 12.5 Å². The van der Waals surface area contributed by atoms with Crippen LogP contribution in [0, 0.1) is 5.82 Å². The van der Waals surface area contributed by atoms with E-state index in [1.54, 1.807) is 24.4 Å². The van der Waals surface area contributed by atoms with E-state index >= 15 is 0 Å². The Labute approximate surface area is 130 Å². The van der Waals surface area contributed by atoms with Crippen LogP contribution in [0.4, 0.5) is 4.39 Å².